The van der Waals surface area contributed by atoms with Gasteiger partial charge in [-0.2, -0.15) is 0 Å². The normalized spacial score (nSPS) is 15.6. The Hall–Kier alpha value is -1.64. The van der Waals surface area contributed by atoms with Crippen LogP contribution in [0.1, 0.15) is 60.0 Å². The zero-order valence-corrected chi connectivity index (χ0v) is 13.2. The SMILES string of the molecule is Cc1ccc(C(=O)CCC(=O)N2CCCCCC2)cc1C. The largest absolute Gasteiger partial charge is 0.343 e. The van der Waals surface area contributed by atoms with E-state index in [4.69, 9.17) is 0 Å². The van der Waals surface area contributed by atoms with Crippen LogP contribution in [-0.2, 0) is 4.79 Å². The van der Waals surface area contributed by atoms with Crippen molar-refractivity contribution in [1.29, 1.82) is 0 Å². The fraction of sp³-hybridized carbons (Fsp3) is 0.556. The summed E-state index contributed by atoms with van der Waals surface area (Å²) in [5.74, 6) is 0.204. The molecular formula is C18H25NO2. The molecule has 0 saturated carbocycles. The summed E-state index contributed by atoms with van der Waals surface area (Å²) in [5, 5.41) is 0. The van der Waals surface area contributed by atoms with Gasteiger partial charge in [-0.05, 0) is 43.9 Å². The van der Waals surface area contributed by atoms with Crippen molar-refractivity contribution in [2.24, 2.45) is 0 Å². The van der Waals surface area contributed by atoms with Crippen molar-refractivity contribution in [3.8, 4) is 0 Å². The molecule has 1 aromatic carbocycles. The number of nitrogens with zero attached hydrogens (tertiary/aromatic N) is 1. The van der Waals surface area contributed by atoms with Gasteiger partial charge in [0.2, 0.25) is 5.91 Å². The van der Waals surface area contributed by atoms with Gasteiger partial charge in [-0.25, -0.2) is 0 Å². The number of hydrogen-bond donors (Lipinski definition) is 0. The summed E-state index contributed by atoms with van der Waals surface area (Å²) in [6.45, 7) is 5.76. The highest BCUT2D eigenvalue weighted by Gasteiger charge is 2.17. The summed E-state index contributed by atoms with van der Waals surface area (Å²) in [7, 11) is 0. The van der Waals surface area contributed by atoms with Crippen LogP contribution in [0.4, 0.5) is 0 Å². The first kappa shape index (κ1) is 15.7. The van der Waals surface area contributed by atoms with Crippen molar-refractivity contribution in [2.75, 3.05) is 13.1 Å². The topological polar surface area (TPSA) is 37.4 Å². The number of carbonyl (C=O) groups is 2. The number of likely N-dealkylation sites (tertiary alicyclic amines) is 1. The predicted octanol–water partition coefficient (Wildman–Crippen LogP) is 3.67. The molecule has 1 aliphatic rings. The lowest BCUT2D eigenvalue weighted by atomic mass is 10.0. The summed E-state index contributed by atoms with van der Waals surface area (Å²) in [4.78, 5) is 26.3. The second-order valence-electron chi connectivity index (χ2n) is 6.02. The highest BCUT2D eigenvalue weighted by Crippen LogP contribution is 2.14. The first-order valence-electron chi connectivity index (χ1n) is 7.96. The third-order valence-electron chi connectivity index (χ3n) is 4.35. The highest BCUT2D eigenvalue weighted by molar-refractivity contribution is 5.98. The Labute approximate surface area is 127 Å². The number of rotatable bonds is 4. The van der Waals surface area contributed by atoms with Crippen LogP contribution in [0.2, 0.25) is 0 Å². The molecule has 0 aliphatic carbocycles. The standard InChI is InChI=1S/C18H25NO2/c1-14-7-8-16(13-15(14)2)17(20)9-10-18(21)19-11-5-3-4-6-12-19/h7-8,13H,3-6,9-12H2,1-2H3. The lowest BCUT2D eigenvalue weighted by molar-refractivity contribution is -0.131. The Morgan fingerprint density at radius 2 is 1.62 bits per heavy atom. The van der Waals surface area contributed by atoms with Gasteiger partial charge in [0.1, 0.15) is 0 Å². The molecule has 1 heterocycles. The monoisotopic (exact) mass is 287 g/mol. The van der Waals surface area contributed by atoms with E-state index in [0.29, 0.717) is 12.8 Å². The van der Waals surface area contributed by atoms with Crippen LogP contribution in [0.15, 0.2) is 18.2 Å². The van der Waals surface area contributed by atoms with Crippen LogP contribution >= 0.6 is 0 Å². The molecule has 0 bridgehead atoms. The van der Waals surface area contributed by atoms with Crippen LogP contribution in [0.25, 0.3) is 0 Å². The van der Waals surface area contributed by atoms with Gasteiger partial charge in [-0.3, -0.25) is 9.59 Å². The summed E-state index contributed by atoms with van der Waals surface area (Å²) < 4.78 is 0. The Kier molecular flexibility index (Phi) is 5.54. The van der Waals surface area contributed by atoms with E-state index in [2.05, 4.69) is 0 Å². The van der Waals surface area contributed by atoms with Crippen LogP contribution in [0, 0.1) is 13.8 Å². The third kappa shape index (κ3) is 4.42. The zero-order valence-electron chi connectivity index (χ0n) is 13.2. The van der Waals surface area contributed by atoms with E-state index in [-0.39, 0.29) is 11.7 Å². The minimum atomic E-state index is 0.0706. The first-order chi connectivity index (χ1) is 10.1. The predicted molar refractivity (Wildman–Crippen MR) is 84.5 cm³/mol. The van der Waals surface area contributed by atoms with Gasteiger partial charge in [-0.15, -0.1) is 0 Å². The van der Waals surface area contributed by atoms with Crippen molar-refractivity contribution >= 4 is 11.7 Å². The molecule has 1 fully saturated rings. The molecule has 0 radical (unpaired) electrons. The van der Waals surface area contributed by atoms with E-state index < -0.39 is 0 Å². The lowest BCUT2D eigenvalue weighted by Crippen LogP contribution is -2.32. The van der Waals surface area contributed by atoms with Crippen LogP contribution in [0.5, 0.6) is 0 Å². The number of ketones is 1. The minimum absolute atomic E-state index is 0.0706. The maximum Gasteiger partial charge on any atom is 0.223 e. The van der Waals surface area contributed by atoms with Gasteiger partial charge >= 0.3 is 0 Å². The average molecular weight is 287 g/mol. The Balaban J connectivity index is 1.87. The Morgan fingerprint density at radius 3 is 2.24 bits per heavy atom. The van der Waals surface area contributed by atoms with E-state index in [0.717, 1.165) is 37.1 Å². The fourth-order valence-corrected chi connectivity index (χ4v) is 2.76. The van der Waals surface area contributed by atoms with E-state index in [1.165, 1.54) is 18.4 Å². The second-order valence-corrected chi connectivity index (χ2v) is 6.02. The number of carbonyl (C=O) groups excluding carboxylic acids is 2. The Morgan fingerprint density at radius 1 is 0.952 bits per heavy atom. The first-order valence-corrected chi connectivity index (χ1v) is 7.96. The molecule has 1 amide bonds. The molecule has 0 spiro atoms. The lowest BCUT2D eigenvalue weighted by Gasteiger charge is -2.20. The maximum atomic E-state index is 12.2. The molecule has 3 nitrogen and oxygen atoms in total. The maximum absolute atomic E-state index is 12.2. The number of benzene rings is 1. The molecule has 1 saturated heterocycles. The summed E-state index contributed by atoms with van der Waals surface area (Å²) in [5.41, 5.74) is 3.04. The number of Topliss-reactive ketones (excluding diaryl/α,β-unsaturated/α-hetero) is 1. The van der Waals surface area contributed by atoms with Gasteiger partial charge in [0.25, 0.3) is 0 Å². The molecule has 0 N–H and O–H groups in total. The average Bonchev–Trinajstić information content (AvgIpc) is 2.76. The summed E-state index contributed by atoms with van der Waals surface area (Å²) in [6, 6.07) is 5.76. The van der Waals surface area contributed by atoms with Crippen molar-refractivity contribution < 1.29 is 9.59 Å². The van der Waals surface area contributed by atoms with Crippen molar-refractivity contribution in [3.05, 3.63) is 34.9 Å². The molecule has 2 rings (SSSR count). The van der Waals surface area contributed by atoms with Gasteiger partial charge < -0.3 is 4.90 Å². The Bertz CT molecular complexity index is 514. The quantitative estimate of drug-likeness (QED) is 0.792. The smallest absolute Gasteiger partial charge is 0.223 e. The number of hydrogen-bond acceptors (Lipinski definition) is 2. The number of aryl methyl sites for hydroxylation is 2. The molecule has 0 unspecified atom stereocenters. The van der Waals surface area contributed by atoms with Crippen LogP contribution < -0.4 is 0 Å². The van der Waals surface area contributed by atoms with Gasteiger partial charge in [-0.1, -0.05) is 25.0 Å². The molecule has 1 aromatic rings. The summed E-state index contributed by atoms with van der Waals surface area (Å²) >= 11 is 0. The van der Waals surface area contributed by atoms with E-state index >= 15 is 0 Å². The molecule has 114 valence electrons. The van der Waals surface area contributed by atoms with Crippen molar-refractivity contribution in [3.63, 3.8) is 0 Å². The molecule has 21 heavy (non-hydrogen) atoms. The molecule has 0 atom stereocenters. The highest BCUT2D eigenvalue weighted by atomic mass is 16.2. The van der Waals surface area contributed by atoms with E-state index in [1.54, 1.807) is 0 Å². The molecule has 1 aliphatic heterocycles. The third-order valence-corrected chi connectivity index (χ3v) is 4.35. The van der Waals surface area contributed by atoms with Gasteiger partial charge in [0, 0.05) is 31.5 Å². The fourth-order valence-electron chi connectivity index (χ4n) is 2.76. The number of amides is 1. The van der Waals surface area contributed by atoms with Crippen molar-refractivity contribution in [2.45, 2.75) is 52.4 Å². The second kappa shape index (κ2) is 7.39. The van der Waals surface area contributed by atoms with E-state index in [1.807, 2.05) is 36.9 Å². The van der Waals surface area contributed by atoms with Gasteiger partial charge in [0.15, 0.2) is 5.78 Å². The van der Waals surface area contributed by atoms with E-state index in [9.17, 15) is 9.59 Å². The van der Waals surface area contributed by atoms with Gasteiger partial charge in [0.05, 0.1) is 0 Å². The minimum Gasteiger partial charge on any atom is -0.343 e. The molecular weight excluding hydrogens is 262 g/mol. The van der Waals surface area contributed by atoms with Crippen LogP contribution in [0.3, 0.4) is 0 Å². The summed E-state index contributed by atoms with van der Waals surface area (Å²) in [6.07, 6.45) is 5.27. The molecule has 0 aromatic heterocycles. The van der Waals surface area contributed by atoms with Crippen LogP contribution in [-0.4, -0.2) is 29.7 Å². The molecule has 3 heteroatoms. The zero-order chi connectivity index (χ0) is 15.2. The van der Waals surface area contributed by atoms with Crippen molar-refractivity contribution in [1.82, 2.24) is 4.90 Å².